The standard InChI is InChI=1S/C15H19N5O2/c1-11-8-13(21)18-15(17-11)12-9-16-20(10-12)7-4-14(22)19-5-2-3-6-19/h8-10H,2-7H2,1H3,(H,17,18,21). The molecule has 7 nitrogen and oxygen atoms in total. The van der Waals surface area contributed by atoms with Gasteiger partial charge in [-0.25, -0.2) is 4.98 Å². The summed E-state index contributed by atoms with van der Waals surface area (Å²) in [7, 11) is 0. The molecule has 0 radical (unpaired) electrons. The highest BCUT2D eigenvalue weighted by Gasteiger charge is 2.17. The van der Waals surface area contributed by atoms with E-state index in [1.165, 1.54) is 6.07 Å². The van der Waals surface area contributed by atoms with E-state index in [2.05, 4.69) is 15.1 Å². The summed E-state index contributed by atoms with van der Waals surface area (Å²) in [6.07, 6.45) is 6.10. The van der Waals surface area contributed by atoms with Gasteiger partial charge in [0, 0.05) is 44.0 Å². The molecule has 22 heavy (non-hydrogen) atoms. The molecule has 0 spiro atoms. The molecule has 3 heterocycles. The number of amides is 1. The van der Waals surface area contributed by atoms with Gasteiger partial charge in [-0.3, -0.25) is 14.3 Å². The van der Waals surface area contributed by atoms with Gasteiger partial charge in [0.05, 0.1) is 11.8 Å². The Morgan fingerprint density at radius 1 is 1.36 bits per heavy atom. The first-order chi connectivity index (χ1) is 10.6. The Bertz CT molecular complexity index is 728. The van der Waals surface area contributed by atoms with E-state index in [0.29, 0.717) is 24.5 Å². The molecule has 3 rings (SSSR count). The van der Waals surface area contributed by atoms with Crippen LogP contribution >= 0.6 is 0 Å². The van der Waals surface area contributed by atoms with Crippen molar-refractivity contribution < 1.29 is 4.79 Å². The van der Waals surface area contributed by atoms with Crippen LogP contribution in [0.1, 0.15) is 25.0 Å². The number of nitrogens with zero attached hydrogens (tertiary/aromatic N) is 4. The summed E-state index contributed by atoms with van der Waals surface area (Å²) in [5.74, 6) is 0.679. The van der Waals surface area contributed by atoms with Crippen molar-refractivity contribution >= 4 is 5.91 Å². The van der Waals surface area contributed by atoms with Crippen LogP contribution < -0.4 is 5.56 Å². The summed E-state index contributed by atoms with van der Waals surface area (Å²) in [5.41, 5.74) is 1.23. The molecule has 1 fully saturated rings. The van der Waals surface area contributed by atoms with Crippen molar-refractivity contribution in [1.82, 2.24) is 24.6 Å². The third-order valence-electron chi connectivity index (χ3n) is 3.79. The Morgan fingerprint density at radius 2 is 2.14 bits per heavy atom. The number of aryl methyl sites for hydroxylation is 2. The highest BCUT2D eigenvalue weighted by atomic mass is 16.2. The lowest BCUT2D eigenvalue weighted by molar-refractivity contribution is -0.130. The van der Waals surface area contributed by atoms with Crippen molar-refractivity contribution in [3.05, 3.63) is 34.5 Å². The summed E-state index contributed by atoms with van der Waals surface area (Å²) >= 11 is 0. The SMILES string of the molecule is Cc1cc(=O)[nH]c(-c2cnn(CCC(=O)N3CCCC3)c2)n1. The van der Waals surface area contributed by atoms with E-state index in [9.17, 15) is 9.59 Å². The number of carbonyl (C=O) groups excluding carboxylic acids is 1. The summed E-state index contributed by atoms with van der Waals surface area (Å²) < 4.78 is 1.71. The Hall–Kier alpha value is -2.44. The predicted molar refractivity (Wildman–Crippen MR) is 81.2 cm³/mol. The number of likely N-dealkylation sites (tertiary alicyclic amines) is 1. The third-order valence-corrected chi connectivity index (χ3v) is 3.79. The Balaban J connectivity index is 1.66. The van der Waals surface area contributed by atoms with E-state index >= 15 is 0 Å². The van der Waals surface area contributed by atoms with Gasteiger partial charge in [-0.1, -0.05) is 0 Å². The predicted octanol–water partition coefficient (Wildman–Crippen LogP) is 0.954. The zero-order valence-corrected chi connectivity index (χ0v) is 12.6. The summed E-state index contributed by atoms with van der Waals surface area (Å²) in [6, 6.07) is 1.45. The van der Waals surface area contributed by atoms with Crippen molar-refractivity contribution in [2.24, 2.45) is 0 Å². The van der Waals surface area contributed by atoms with Gasteiger partial charge in [0.15, 0.2) is 0 Å². The van der Waals surface area contributed by atoms with E-state index in [1.54, 1.807) is 24.0 Å². The highest BCUT2D eigenvalue weighted by molar-refractivity contribution is 5.76. The van der Waals surface area contributed by atoms with E-state index in [1.807, 2.05) is 4.90 Å². The van der Waals surface area contributed by atoms with Gasteiger partial charge in [0.25, 0.3) is 5.56 Å². The van der Waals surface area contributed by atoms with Crippen molar-refractivity contribution in [3.63, 3.8) is 0 Å². The van der Waals surface area contributed by atoms with Crippen molar-refractivity contribution in [3.8, 4) is 11.4 Å². The fourth-order valence-electron chi connectivity index (χ4n) is 2.66. The maximum atomic E-state index is 12.0. The normalized spacial score (nSPS) is 14.5. The minimum Gasteiger partial charge on any atom is -0.343 e. The summed E-state index contributed by atoms with van der Waals surface area (Å²) in [6.45, 7) is 4.05. The van der Waals surface area contributed by atoms with Crippen LogP contribution in [0.2, 0.25) is 0 Å². The molecule has 2 aromatic heterocycles. The molecule has 1 aliphatic rings. The van der Waals surface area contributed by atoms with Crippen LogP contribution in [-0.2, 0) is 11.3 Å². The van der Waals surface area contributed by atoms with Crippen LogP contribution in [0.15, 0.2) is 23.3 Å². The molecule has 0 bridgehead atoms. The molecule has 116 valence electrons. The Kier molecular flexibility index (Phi) is 4.04. The fourth-order valence-corrected chi connectivity index (χ4v) is 2.66. The third kappa shape index (κ3) is 3.24. The molecule has 0 aromatic carbocycles. The number of rotatable bonds is 4. The van der Waals surface area contributed by atoms with Gasteiger partial charge in [-0.15, -0.1) is 0 Å². The number of H-pyrrole nitrogens is 1. The first kappa shape index (κ1) is 14.5. The number of nitrogens with one attached hydrogen (secondary N) is 1. The van der Waals surface area contributed by atoms with E-state index in [-0.39, 0.29) is 11.5 Å². The second-order valence-electron chi connectivity index (χ2n) is 5.57. The number of hydrogen-bond acceptors (Lipinski definition) is 4. The molecular formula is C15H19N5O2. The summed E-state index contributed by atoms with van der Waals surface area (Å²) in [5, 5.41) is 4.23. The summed E-state index contributed by atoms with van der Waals surface area (Å²) in [4.78, 5) is 32.4. The van der Waals surface area contributed by atoms with Crippen molar-refractivity contribution in [2.75, 3.05) is 13.1 Å². The second kappa shape index (κ2) is 6.13. The maximum absolute atomic E-state index is 12.0. The minimum absolute atomic E-state index is 0.177. The van der Waals surface area contributed by atoms with E-state index < -0.39 is 0 Å². The van der Waals surface area contributed by atoms with Crippen LogP contribution in [0.4, 0.5) is 0 Å². The fraction of sp³-hybridized carbons (Fsp3) is 0.467. The number of hydrogen-bond donors (Lipinski definition) is 1. The van der Waals surface area contributed by atoms with Crippen molar-refractivity contribution in [2.45, 2.75) is 32.7 Å². The van der Waals surface area contributed by atoms with Crippen LogP contribution in [0.5, 0.6) is 0 Å². The quantitative estimate of drug-likeness (QED) is 0.911. The van der Waals surface area contributed by atoms with Crippen molar-refractivity contribution in [1.29, 1.82) is 0 Å². The molecule has 7 heteroatoms. The van der Waals surface area contributed by atoms with E-state index in [4.69, 9.17) is 0 Å². The number of aromatic nitrogens is 4. The molecule has 0 unspecified atom stereocenters. The molecular weight excluding hydrogens is 282 g/mol. The molecule has 0 aliphatic carbocycles. The van der Waals surface area contributed by atoms with Gasteiger partial charge in [-0.05, 0) is 19.8 Å². The topological polar surface area (TPSA) is 83.9 Å². The molecule has 2 aromatic rings. The van der Waals surface area contributed by atoms with Gasteiger partial charge in [0.2, 0.25) is 5.91 Å². The lowest BCUT2D eigenvalue weighted by Gasteiger charge is -2.14. The van der Waals surface area contributed by atoms with Gasteiger partial charge < -0.3 is 9.88 Å². The monoisotopic (exact) mass is 301 g/mol. The van der Waals surface area contributed by atoms with Crippen LogP contribution in [0.3, 0.4) is 0 Å². The maximum Gasteiger partial charge on any atom is 0.251 e. The zero-order chi connectivity index (χ0) is 15.5. The average molecular weight is 301 g/mol. The minimum atomic E-state index is -0.181. The van der Waals surface area contributed by atoms with Crippen LogP contribution in [0, 0.1) is 6.92 Å². The van der Waals surface area contributed by atoms with E-state index in [0.717, 1.165) is 31.5 Å². The first-order valence-corrected chi connectivity index (χ1v) is 7.50. The molecule has 1 aliphatic heterocycles. The van der Waals surface area contributed by atoms with Crippen LogP contribution in [-0.4, -0.2) is 43.6 Å². The Morgan fingerprint density at radius 3 is 2.86 bits per heavy atom. The Labute approximate surface area is 128 Å². The molecule has 1 amide bonds. The number of aromatic amines is 1. The molecule has 0 saturated carbocycles. The van der Waals surface area contributed by atoms with Gasteiger partial charge in [0.1, 0.15) is 5.82 Å². The lowest BCUT2D eigenvalue weighted by Crippen LogP contribution is -2.28. The van der Waals surface area contributed by atoms with Gasteiger partial charge in [-0.2, -0.15) is 5.10 Å². The second-order valence-corrected chi connectivity index (χ2v) is 5.57. The van der Waals surface area contributed by atoms with Gasteiger partial charge >= 0.3 is 0 Å². The smallest absolute Gasteiger partial charge is 0.251 e. The van der Waals surface area contributed by atoms with Crippen LogP contribution in [0.25, 0.3) is 11.4 Å². The lowest BCUT2D eigenvalue weighted by atomic mass is 10.3. The average Bonchev–Trinajstić information content (AvgIpc) is 3.15. The molecule has 0 atom stereocenters. The number of carbonyl (C=O) groups is 1. The first-order valence-electron chi connectivity index (χ1n) is 7.50. The zero-order valence-electron chi connectivity index (χ0n) is 12.6. The molecule has 1 N–H and O–H groups in total. The largest absolute Gasteiger partial charge is 0.343 e. The molecule has 1 saturated heterocycles. The highest BCUT2D eigenvalue weighted by Crippen LogP contribution is 2.13.